The summed E-state index contributed by atoms with van der Waals surface area (Å²) >= 11 is 0. The molecule has 0 spiro atoms. The molecule has 0 unspecified atom stereocenters. The lowest BCUT2D eigenvalue weighted by Crippen LogP contribution is -1.98. The molecule has 1 heterocycles. The molecule has 1 fully saturated rings. The standard InChI is InChI=1S/C22H23N/c1-15-13-19(17-7-3-4-8-17)14-21(16(15)2)22-20-10-6-5-9-18(20)11-12-23-22/h5-6,9-14,17H,3-4,7-8H2,1-2H3. The SMILES string of the molecule is Cc1cc(C2CCCC2)cc(-c2nccc3ccccc23)c1C. The van der Waals surface area contributed by atoms with Gasteiger partial charge in [0.05, 0.1) is 5.69 Å². The van der Waals surface area contributed by atoms with E-state index in [1.807, 2.05) is 6.20 Å². The fourth-order valence-corrected chi connectivity index (χ4v) is 3.96. The largest absolute Gasteiger partial charge is 0.256 e. The van der Waals surface area contributed by atoms with Gasteiger partial charge >= 0.3 is 0 Å². The molecule has 1 aromatic heterocycles. The maximum absolute atomic E-state index is 4.75. The van der Waals surface area contributed by atoms with Crippen LogP contribution in [0.4, 0.5) is 0 Å². The van der Waals surface area contributed by atoms with E-state index < -0.39 is 0 Å². The van der Waals surface area contributed by atoms with E-state index in [1.54, 1.807) is 0 Å². The minimum absolute atomic E-state index is 0.739. The smallest absolute Gasteiger partial charge is 0.0783 e. The molecule has 116 valence electrons. The molecule has 1 aliphatic carbocycles. The van der Waals surface area contributed by atoms with Crippen LogP contribution in [0.2, 0.25) is 0 Å². The van der Waals surface area contributed by atoms with Crippen LogP contribution in [0, 0.1) is 13.8 Å². The van der Waals surface area contributed by atoms with Gasteiger partial charge in [0.2, 0.25) is 0 Å². The summed E-state index contributed by atoms with van der Waals surface area (Å²) in [7, 11) is 0. The van der Waals surface area contributed by atoms with Gasteiger partial charge in [-0.25, -0.2) is 0 Å². The van der Waals surface area contributed by atoms with Crippen LogP contribution in [0.3, 0.4) is 0 Å². The molecule has 23 heavy (non-hydrogen) atoms. The number of aryl methyl sites for hydroxylation is 1. The molecule has 1 nitrogen and oxygen atoms in total. The molecule has 3 aromatic rings. The van der Waals surface area contributed by atoms with Crippen LogP contribution < -0.4 is 0 Å². The van der Waals surface area contributed by atoms with Crippen molar-refractivity contribution < 1.29 is 0 Å². The first-order chi connectivity index (χ1) is 11.2. The number of pyridine rings is 1. The second kappa shape index (κ2) is 5.81. The van der Waals surface area contributed by atoms with E-state index >= 15 is 0 Å². The number of fused-ring (bicyclic) bond motifs is 1. The highest BCUT2D eigenvalue weighted by Gasteiger charge is 2.19. The summed E-state index contributed by atoms with van der Waals surface area (Å²) < 4.78 is 0. The van der Waals surface area contributed by atoms with Crippen molar-refractivity contribution in [2.75, 3.05) is 0 Å². The first-order valence-electron chi connectivity index (χ1n) is 8.69. The average Bonchev–Trinajstić information content (AvgIpc) is 3.11. The molecule has 1 saturated carbocycles. The normalized spacial score (nSPS) is 15.4. The monoisotopic (exact) mass is 301 g/mol. The summed E-state index contributed by atoms with van der Waals surface area (Å²) in [6, 6.07) is 15.5. The van der Waals surface area contributed by atoms with Gasteiger partial charge in [0, 0.05) is 17.1 Å². The molecule has 0 bridgehead atoms. The van der Waals surface area contributed by atoms with Crippen molar-refractivity contribution in [3.63, 3.8) is 0 Å². The Morgan fingerprint density at radius 3 is 2.57 bits per heavy atom. The first-order valence-corrected chi connectivity index (χ1v) is 8.69. The van der Waals surface area contributed by atoms with Gasteiger partial charge in [-0.2, -0.15) is 0 Å². The van der Waals surface area contributed by atoms with Gasteiger partial charge in [0.15, 0.2) is 0 Å². The number of hydrogen-bond donors (Lipinski definition) is 0. The van der Waals surface area contributed by atoms with E-state index in [0.717, 1.165) is 11.6 Å². The third-order valence-corrected chi connectivity index (χ3v) is 5.45. The number of rotatable bonds is 2. The van der Waals surface area contributed by atoms with Gasteiger partial charge < -0.3 is 0 Å². The predicted octanol–water partition coefficient (Wildman–Crippen LogP) is 6.18. The summed E-state index contributed by atoms with van der Waals surface area (Å²) in [5.74, 6) is 0.739. The van der Waals surface area contributed by atoms with E-state index in [2.05, 4.69) is 56.3 Å². The summed E-state index contributed by atoms with van der Waals surface area (Å²) in [6.45, 7) is 4.47. The minimum atomic E-state index is 0.739. The Hall–Kier alpha value is -2.15. The molecule has 1 heteroatoms. The van der Waals surface area contributed by atoms with E-state index in [4.69, 9.17) is 4.98 Å². The molecular formula is C22H23N. The van der Waals surface area contributed by atoms with Gasteiger partial charge in [-0.1, -0.05) is 43.2 Å². The Balaban J connectivity index is 1.93. The van der Waals surface area contributed by atoms with Crippen molar-refractivity contribution in [1.82, 2.24) is 4.98 Å². The van der Waals surface area contributed by atoms with E-state index in [0.29, 0.717) is 0 Å². The van der Waals surface area contributed by atoms with Crippen molar-refractivity contribution in [3.05, 3.63) is 65.4 Å². The number of hydrogen-bond acceptors (Lipinski definition) is 1. The zero-order valence-corrected chi connectivity index (χ0v) is 14.0. The summed E-state index contributed by atoms with van der Waals surface area (Å²) in [6.07, 6.45) is 7.36. The Kier molecular flexibility index (Phi) is 3.65. The van der Waals surface area contributed by atoms with E-state index in [9.17, 15) is 0 Å². The Labute approximate surface area is 138 Å². The zero-order chi connectivity index (χ0) is 15.8. The molecule has 4 rings (SSSR count). The fraction of sp³-hybridized carbons (Fsp3) is 0.318. The van der Waals surface area contributed by atoms with Crippen molar-refractivity contribution >= 4 is 10.8 Å². The lowest BCUT2D eigenvalue weighted by atomic mass is 9.89. The summed E-state index contributed by atoms with van der Waals surface area (Å²) in [5.41, 5.74) is 6.69. The Bertz CT molecular complexity index is 852. The van der Waals surface area contributed by atoms with Crippen LogP contribution in [0.25, 0.3) is 22.0 Å². The highest BCUT2D eigenvalue weighted by Crippen LogP contribution is 2.38. The van der Waals surface area contributed by atoms with Gasteiger partial charge in [0.1, 0.15) is 0 Å². The Morgan fingerprint density at radius 1 is 0.957 bits per heavy atom. The molecule has 1 aliphatic rings. The van der Waals surface area contributed by atoms with Crippen molar-refractivity contribution in [1.29, 1.82) is 0 Å². The quantitative estimate of drug-likeness (QED) is 0.551. The maximum Gasteiger partial charge on any atom is 0.0783 e. The second-order valence-corrected chi connectivity index (χ2v) is 6.87. The van der Waals surface area contributed by atoms with E-state index in [1.165, 1.54) is 58.7 Å². The highest BCUT2D eigenvalue weighted by atomic mass is 14.7. The third kappa shape index (κ3) is 2.55. The number of benzene rings is 2. The van der Waals surface area contributed by atoms with E-state index in [-0.39, 0.29) is 0 Å². The van der Waals surface area contributed by atoms with Gasteiger partial charge in [-0.15, -0.1) is 0 Å². The second-order valence-electron chi connectivity index (χ2n) is 6.87. The molecule has 0 radical (unpaired) electrons. The van der Waals surface area contributed by atoms with Gasteiger partial charge in [0.25, 0.3) is 0 Å². The topological polar surface area (TPSA) is 12.9 Å². The lowest BCUT2D eigenvalue weighted by molar-refractivity contribution is 0.722. The fourth-order valence-electron chi connectivity index (χ4n) is 3.96. The van der Waals surface area contributed by atoms with Crippen LogP contribution in [-0.2, 0) is 0 Å². The van der Waals surface area contributed by atoms with Gasteiger partial charge in [-0.05, 0) is 66.8 Å². The number of aromatic nitrogens is 1. The van der Waals surface area contributed by atoms with Crippen molar-refractivity contribution in [2.24, 2.45) is 0 Å². The third-order valence-electron chi connectivity index (χ3n) is 5.45. The molecular weight excluding hydrogens is 278 g/mol. The molecule has 0 atom stereocenters. The lowest BCUT2D eigenvalue weighted by Gasteiger charge is -2.17. The van der Waals surface area contributed by atoms with Crippen LogP contribution in [0.15, 0.2) is 48.7 Å². The summed E-state index contributed by atoms with van der Waals surface area (Å²) in [4.78, 5) is 4.75. The molecule has 0 amide bonds. The molecule has 2 aromatic carbocycles. The van der Waals surface area contributed by atoms with Crippen molar-refractivity contribution in [2.45, 2.75) is 45.4 Å². The molecule has 0 aliphatic heterocycles. The average molecular weight is 301 g/mol. The van der Waals surface area contributed by atoms with Gasteiger partial charge in [-0.3, -0.25) is 4.98 Å². The van der Waals surface area contributed by atoms with Crippen LogP contribution in [-0.4, -0.2) is 4.98 Å². The van der Waals surface area contributed by atoms with Crippen LogP contribution in [0.1, 0.15) is 48.3 Å². The maximum atomic E-state index is 4.75. The highest BCUT2D eigenvalue weighted by molar-refractivity contribution is 5.95. The van der Waals surface area contributed by atoms with Crippen LogP contribution in [0.5, 0.6) is 0 Å². The first kappa shape index (κ1) is 14.4. The van der Waals surface area contributed by atoms with Crippen molar-refractivity contribution in [3.8, 4) is 11.3 Å². The predicted molar refractivity (Wildman–Crippen MR) is 97.9 cm³/mol. The number of nitrogens with zero attached hydrogens (tertiary/aromatic N) is 1. The zero-order valence-electron chi connectivity index (χ0n) is 14.0. The molecule has 0 N–H and O–H groups in total. The summed E-state index contributed by atoms with van der Waals surface area (Å²) in [5, 5.41) is 2.52. The molecule has 0 saturated heterocycles. The minimum Gasteiger partial charge on any atom is -0.256 e. The van der Waals surface area contributed by atoms with Crippen LogP contribution >= 0.6 is 0 Å². The Morgan fingerprint density at radius 2 is 1.74 bits per heavy atom.